The fraction of sp³-hybridized carbons (Fsp3) is 0.887. The van der Waals surface area contributed by atoms with E-state index in [2.05, 4.69) is 50.4 Å². The maximum Gasteiger partial charge on any atom is 0.306 e. The lowest BCUT2D eigenvalue weighted by Gasteiger charge is -2.24. The Kier molecular flexibility index (Phi) is 46.1. The maximum atomic E-state index is 13.2. The van der Waals surface area contributed by atoms with Gasteiger partial charge in [-0.25, -0.2) is 0 Å². The van der Waals surface area contributed by atoms with Crippen molar-refractivity contribution in [3.8, 4) is 0 Å². The lowest BCUT2D eigenvalue weighted by molar-refractivity contribution is -0.151. The molecule has 59 heavy (non-hydrogen) atoms. The third-order valence-corrected chi connectivity index (χ3v) is 12.0. The largest absolute Gasteiger partial charge is 0.462 e. The number of nitrogens with one attached hydrogen (secondary N) is 1. The first-order chi connectivity index (χ1) is 29.0. The molecule has 0 heterocycles. The van der Waals surface area contributed by atoms with Crippen LogP contribution in [0.2, 0.25) is 0 Å². The molecule has 0 fully saturated rings. The molecule has 348 valence electrons. The van der Waals surface area contributed by atoms with Crippen LogP contribution in [0.5, 0.6) is 0 Å². The van der Waals surface area contributed by atoms with Gasteiger partial charge < -0.3 is 20.3 Å². The second-order valence-corrected chi connectivity index (χ2v) is 17.9. The number of unbranched alkanes of at least 4 members (excludes halogenated alkanes) is 31. The van der Waals surface area contributed by atoms with E-state index in [9.17, 15) is 19.8 Å². The van der Waals surface area contributed by atoms with E-state index in [0.29, 0.717) is 19.3 Å². The molecule has 3 unspecified atom stereocenters. The zero-order valence-corrected chi connectivity index (χ0v) is 39.7. The van der Waals surface area contributed by atoms with Crippen LogP contribution in [0.4, 0.5) is 0 Å². The number of amides is 1. The van der Waals surface area contributed by atoms with E-state index in [4.69, 9.17) is 4.74 Å². The zero-order chi connectivity index (χ0) is 43.1. The number of rotatable bonds is 47. The van der Waals surface area contributed by atoms with E-state index in [1.54, 1.807) is 0 Å². The van der Waals surface area contributed by atoms with Crippen molar-refractivity contribution in [2.24, 2.45) is 0 Å². The molecule has 0 rings (SSSR count). The van der Waals surface area contributed by atoms with Gasteiger partial charge in [0.05, 0.1) is 25.2 Å². The van der Waals surface area contributed by atoms with Crippen LogP contribution in [0.15, 0.2) is 24.3 Å². The summed E-state index contributed by atoms with van der Waals surface area (Å²) in [5.74, 6) is -0.497. The molecular formula is C53H101NO5. The van der Waals surface area contributed by atoms with Crippen molar-refractivity contribution in [2.45, 2.75) is 296 Å². The van der Waals surface area contributed by atoms with Gasteiger partial charge in [0.2, 0.25) is 5.91 Å². The average Bonchev–Trinajstić information content (AvgIpc) is 3.23. The molecule has 0 aromatic heterocycles. The smallest absolute Gasteiger partial charge is 0.306 e. The van der Waals surface area contributed by atoms with E-state index in [0.717, 1.165) is 70.6 Å². The standard InChI is InChI=1S/C53H101NO5/c1-4-7-10-13-16-19-22-25-27-29-32-35-38-41-44-49(59-53(58)46-43-40-37-34-31-28-26-23-20-17-14-11-8-5-2)47-52(57)54-50(48-55)51(56)45-42-39-36-33-30-24-21-18-15-12-9-6-3/h27-29,31,49-51,55-56H,4-26,30,32-48H2,1-3H3,(H,54,57)/b29-27+,31-28-. The van der Waals surface area contributed by atoms with Crippen molar-refractivity contribution >= 4 is 11.9 Å². The number of aliphatic hydroxyl groups excluding tert-OH is 2. The van der Waals surface area contributed by atoms with Crippen LogP contribution in [0.3, 0.4) is 0 Å². The van der Waals surface area contributed by atoms with Gasteiger partial charge in [-0.3, -0.25) is 9.59 Å². The quantitative estimate of drug-likeness (QED) is 0.0322. The zero-order valence-electron chi connectivity index (χ0n) is 39.7. The van der Waals surface area contributed by atoms with Gasteiger partial charge in [-0.15, -0.1) is 0 Å². The summed E-state index contributed by atoms with van der Waals surface area (Å²) in [5.41, 5.74) is 0. The predicted octanol–water partition coefficient (Wildman–Crippen LogP) is 15.5. The molecule has 0 aromatic carbocycles. The number of carbonyl (C=O) groups is 2. The van der Waals surface area contributed by atoms with E-state index < -0.39 is 18.2 Å². The van der Waals surface area contributed by atoms with Crippen LogP contribution in [-0.2, 0) is 14.3 Å². The molecular weight excluding hydrogens is 731 g/mol. The summed E-state index contributed by atoms with van der Waals surface area (Å²) in [6, 6.07) is -0.705. The fourth-order valence-corrected chi connectivity index (χ4v) is 8.01. The van der Waals surface area contributed by atoms with Gasteiger partial charge in [-0.2, -0.15) is 0 Å². The van der Waals surface area contributed by atoms with Gasteiger partial charge in [-0.05, 0) is 77.0 Å². The first-order valence-corrected chi connectivity index (χ1v) is 26.1. The second-order valence-electron chi connectivity index (χ2n) is 17.9. The molecule has 0 aliphatic carbocycles. The normalized spacial score (nSPS) is 13.4. The molecule has 0 saturated carbocycles. The topological polar surface area (TPSA) is 95.9 Å². The number of esters is 1. The predicted molar refractivity (Wildman–Crippen MR) is 255 cm³/mol. The summed E-state index contributed by atoms with van der Waals surface area (Å²) in [5, 5.41) is 23.7. The number of ether oxygens (including phenoxy) is 1. The van der Waals surface area contributed by atoms with E-state index in [1.807, 2.05) is 0 Å². The molecule has 1 amide bonds. The number of aliphatic hydroxyl groups is 2. The van der Waals surface area contributed by atoms with Crippen LogP contribution >= 0.6 is 0 Å². The summed E-state index contributed by atoms with van der Waals surface area (Å²) in [6.07, 6.45) is 53.8. The van der Waals surface area contributed by atoms with Gasteiger partial charge in [0.15, 0.2) is 0 Å². The highest BCUT2D eigenvalue weighted by Crippen LogP contribution is 2.17. The summed E-state index contributed by atoms with van der Waals surface area (Å²) in [7, 11) is 0. The number of allylic oxidation sites excluding steroid dienone is 4. The van der Waals surface area contributed by atoms with Gasteiger partial charge in [0.1, 0.15) is 6.10 Å². The summed E-state index contributed by atoms with van der Waals surface area (Å²) < 4.78 is 5.92. The van der Waals surface area contributed by atoms with Crippen LogP contribution < -0.4 is 5.32 Å². The summed E-state index contributed by atoms with van der Waals surface area (Å²) in [6.45, 7) is 6.48. The Bertz CT molecular complexity index is 935. The average molecular weight is 832 g/mol. The van der Waals surface area contributed by atoms with Crippen molar-refractivity contribution in [1.82, 2.24) is 5.32 Å². The van der Waals surface area contributed by atoms with Gasteiger partial charge in [-0.1, -0.05) is 212 Å². The third kappa shape index (κ3) is 42.8. The Labute approximate surface area is 367 Å². The monoisotopic (exact) mass is 832 g/mol. The Morgan fingerprint density at radius 2 is 0.814 bits per heavy atom. The molecule has 0 aromatic rings. The molecule has 3 N–H and O–H groups in total. The van der Waals surface area contributed by atoms with E-state index in [-0.39, 0.29) is 24.9 Å². The van der Waals surface area contributed by atoms with Crippen LogP contribution in [-0.4, -0.2) is 46.9 Å². The van der Waals surface area contributed by atoms with Crippen molar-refractivity contribution in [2.75, 3.05) is 6.61 Å². The SMILES string of the molecule is CCCCCCCCC/C=C\CCCCCC(=O)OC(CCCCC/C=C/CCCCCCCCC)CC(=O)NC(CO)C(O)CCCCCCCCCCCCCC. The van der Waals surface area contributed by atoms with Crippen molar-refractivity contribution in [3.63, 3.8) is 0 Å². The van der Waals surface area contributed by atoms with Crippen LogP contribution in [0, 0.1) is 0 Å². The third-order valence-electron chi connectivity index (χ3n) is 12.0. The Hall–Kier alpha value is -1.66. The van der Waals surface area contributed by atoms with Gasteiger partial charge in [0.25, 0.3) is 0 Å². The molecule has 0 saturated heterocycles. The molecule has 3 atom stereocenters. The van der Waals surface area contributed by atoms with E-state index >= 15 is 0 Å². The Balaban J connectivity index is 4.60. The van der Waals surface area contributed by atoms with Gasteiger partial charge >= 0.3 is 5.97 Å². The summed E-state index contributed by atoms with van der Waals surface area (Å²) in [4.78, 5) is 26.1. The highest BCUT2D eigenvalue weighted by molar-refractivity contribution is 5.77. The van der Waals surface area contributed by atoms with E-state index in [1.165, 1.54) is 161 Å². The maximum absolute atomic E-state index is 13.2. The molecule has 0 bridgehead atoms. The van der Waals surface area contributed by atoms with Crippen molar-refractivity contribution in [1.29, 1.82) is 0 Å². The minimum absolute atomic E-state index is 0.0649. The molecule has 0 spiro atoms. The molecule has 0 radical (unpaired) electrons. The minimum Gasteiger partial charge on any atom is -0.462 e. The number of hydrogen-bond donors (Lipinski definition) is 3. The summed E-state index contributed by atoms with van der Waals surface area (Å²) >= 11 is 0. The Morgan fingerprint density at radius 3 is 1.22 bits per heavy atom. The minimum atomic E-state index is -0.790. The molecule has 6 nitrogen and oxygen atoms in total. The second kappa shape index (κ2) is 47.4. The van der Waals surface area contributed by atoms with Crippen molar-refractivity contribution in [3.05, 3.63) is 24.3 Å². The van der Waals surface area contributed by atoms with Gasteiger partial charge in [0, 0.05) is 6.42 Å². The van der Waals surface area contributed by atoms with Crippen molar-refractivity contribution < 1.29 is 24.5 Å². The highest BCUT2D eigenvalue weighted by atomic mass is 16.5. The lowest BCUT2D eigenvalue weighted by atomic mass is 10.0. The van der Waals surface area contributed by atoms with Crippen LogP contribution in [0.25, 0.3) is 0 Å². The number of hydrogen-bond acceptors (Lipinski definition) is 5. The first kappa shape index (κ1) is 57.3. The lowest BCUT2D eigenvalue weighted by Crippen LogP contribution is -2.46. The highest BCUT2D eigenvalue weighted by Gasteiger charge is 2.24. The molecule has 6 heteroatoms. The molecule has 0 aliphatic heterocycles. The fourth-order valence-electron chi connectivity index (χ4n) is 8.01. The number of carbonyl (C=O) groups excluding carboxylic acids is 2. The first-order valence-electron chi connectivity index (χ1n) is 26.1. The molecule has 0 aliphatic rings. The van der Waals surface area contributed by atoms with Crippen LogP contribution in [0.1, 0.15) is 278 Å². The Morgan fingerprint density at radius 1 is 0.475 bits per heavy atom.